The summed E-state index contributed by atoms with van der Waals surface area (Å²) >= 11 is 0. The zero-order valence-corrected chi connectivity index (χ0v) is 12.0. The summed E-state index contributed by atoms with van der Waals surface area (Å²) in [4.78, 5) is 37.4. The third kappa shape index (κ3) is 3.84. The van der Waals surface area contributed by atoms with Crippen LogP contribution in [0.1, 0.15) is 25.7 Å². The molecule has 8 nitrogen and oxygen atoms in total. The minimum atomic E-state index is -0.755. The maximum absolute atomic E-state index is 11.8. The van der Waals surface area contributed by atoms with Crippen molar-refractivity contribution in [1.29, 1.82) is 0 Å². The van der Waals surface area contributed by atoms with Gasteiger partial charge in [-0.15, -0.1) is 0 Å². The lowest BCUT2D eigenvalue weighted by Gasteiger charge is -2.38. The number of nitrogens with two attached hydrogens (primary N) is 1. The zero-order chi connectivity index (χ0) is 15.4. The molecular weight excluding hydrogens is 276 g/mol. The van der Waals surface area contributed by atoms with Crippen LogP contribution < -0.4 is 11.1 Å². The van der Waals surface area contributed by atoms with Crippen LogP contribution in [0, 0.1) is 0 Å². The molecule has 2 aliphatic rings. The fraction of sp³-hybridized carbons (Fsp3) is 0.769. The van der Waals surface area contributed by atoms with Crippen molar-refractivity contribution in [3.63, 3.8) is 0 Å². The van der Waals surface area contributed by atoms with Gasteiger partial charge in [0.1, 0.15) is 6.04 Å². The molecule has 4 N–H and O–H groups in total. The summed E-state index contributed by atoms with van der Waals surface area (Å²) in [5, 5.41) is 11.7. The summed E-state index contributed by atoms with van der Waals surface area (Å²) in [6.07, 6.45) is 3.13. The highest BCUT2D eigenvalue weighted by Crippen LogP contribution is 2.26. The highest BCUT2D eigenvalue weighted by atomic mass is 16.4. The van der Waals surface area contributed by atoms with Crippen LogP contribution in [0.5, 0.6) is 0 Å². The summed E-state index contributed by atoms with van der Waals surface area (Å²) in [5.74, 6) is -1.33. The number of aliphatic carboxylic acids is 1. The molecule has 0 aliphatic carbocycles. The average Bonchev–Trinajstić information content (AvgIpc) is 2.94. The molecule has 2 rings (SSSR count). The number of nitrogens with one attached hydrogen (secondary N) is 1. The van der Waals surface area contributed by atoms with Crippen molar-refractivity contribution in [2.45, 2.75) is 37.8 Å². The van der Waals surface area contributed by atoms with Crippen LogP contribution in [0.15, 0.2) is 0 Å². The largest absolute Gasteiger partial charge is 0.480 e. The van der Waals surface area contributed by atoms with Crippen molar-refractivity contribution in [3.05, 3.63) is 0 Å². The predicted octanol–water partition coefficient (Wildman–Crippen LogP) is -0.805. The number of nitrogens with zero attached hydrogens (tertiary/aromatic N) is 2. The second-order valence-electron chi connectivity index (χ2n) is 5.58. The van der Waals surface area contributed by atoms with E-state index in [1.807, 2.05) is 0 Å². The first-order valence-electron chi connectivity index (χ1n) is 7.28. The second-order valence-corrected chi connectivity index (χ2v) is 5.58. The summed E-state index contributed by atoms with van der Waals surface area (Å²) in [7, 11) is 0. The Hall–Kier alpha value is -1.83. The van der Waals surface area contributed by atoms with Gasteiger partial charge in [-0.25, -0.2) is 4.79 Å². The van der Waals surface area contributed by atoms with E-state index in [0.717, 1.165) is 25.8 Å². The minimum Gasteiger partial charge on any atom is -0.480 e. The number of hydrogen-bond donors (Lipinski definition) is 3. The van der Waals surface area contributed by atoms with Gasteiger partial charge >= 0.3 is 12.0 Å². The molecule has 8 heteroatoms. The Balaban J connectivity index is 1.81. The van der Waals surface area contributed by atoms with E-state index in [0.29, 0.717) is 19.5 Å². The van der Waals surface area contributed by atoms with Crippen molar-refractivity contribution in [3.8, 4) is 0 Å². The number of hydrogen-bond acceptors (Lipinski definition) is 4. The average molecular weight is 298 g/mol. The van der Waals surface area contributed by atoms with Gasteiger partial charge in [0, 0.05) is 19.1 Å². The lowest BCUT2D eigenvalue weighted by Crippen LogP contribution is -2.52. The maximum Gasteiger partial charge on any atom is 0.320 e. The summed E-state index contributed by atoms with van der Waals surface area (Å²) in [6.45, 7) is 1.79. The maximum atomic E-state index is 11.8. The molecule has 2 fully saturated rings. The Kier molecular flexibility index (Phi) is 5.00. The number of carbonyl (C=O) groups is 3. The molecule has 2 heterocycles. The molecule has 1 atom stereocenters. The highest BCUT2D eigenvalue weighted by molar-refractivity contribution is 5.82. The molecule has 2 aliphatic heterocycles. The van der Waals surface area contributed by atoms with Crippen LogP contribution in [0.25, 0.3) is 0 Å². The van der Waals surface area contributed by atoms with Gasteiger partial charge in [-0.2, -0.15) is 0 Å². The van der Waals surface area contributed by atoms with E-state index < -0.39 is 11.9 Å². The van der Waals surface area contributed by atoms with E-state index in [2.05, 4.69) is 10.2 Å². The first kappa shape index (κ1) is 15.6. The van der Waals surface area contributed by atoms with Crippen molar-refractivity contribution in [2.75, 3.05) is 26.2 Å². The Morgan fingerprint density at radius 1 is 1.14 bits per heavy atom. The Morgan fingerprint density at radius 3 is 2.38 bits per heavy atom. The molecule has 0 radical (unpaired) electrons. The molecule has 3 amide bonds. The van der Waals surface area contributed by atoms with Gasteiger partial charge in [0.25, 0.3) is 0 Å². The fourth-order valence-electron chi connectivity index (χ4n) is 3.17. The highest BCUT2D eigenvalue weighted by Gasteiger charge is 2.37. The number of rotatable bonds is 4. The summed E-state index contributed by atoms with van der Waals surface area (Å²) in [6, 6.07) is -0.456. The number of urea groups is 1. The van der Waals surface area contributed by atoms with Gasteiger partial charge in [0.05, 0.1) is 6.54 Å². The molecule has 0 aromatic rings. The van der Waals surface area contributed by atoms with Crippen LogP contribution in [-0.4, -0.2) is 71.1 Å². The lowest BCUT2D eigenvalue weighted by atomic mass is 10.0. The van der Waals surface area contributed by atoms with Gasteiger partial charge in [-0.3, -0.25) is 14.5 Å². The van der Waals surface area contributed by atoms with E-state index in [9.17, 15) is 19.5 Å². The van der Waals surface area contributed by atoms with Crippen molar-refractivity contribution >= 4 is 17.9 Å². The third-order valence-electron chi connectivity index (χ3n) is 4.21. The monoisotopic (exact) mass is 298 g/mol. The molecule has 1 unspecified atom stereocenters. The fourth-order valence-corrected chi connectivity index (χ4v) is 3.17. The number of primary amides is 1. The molecule has 0 bridgehead atoms. The molecule has 0 spiro atoms. The van der Waals surface area contributed by atoms with Crippen molar-refractivity contribution in [2.24, 2.45) is 5.73 Å². The van der Waals surface area contributed by atoms with E-state index in [1.54, 1.807) is 4.90 Å². The van der Waals surface area contributed by atoms with Crippen molar-refractivity contribution in [1.82, 2.24) is 15.1 Å². The Morgan fingerprint density at radius 2 is 1.81 bits per heavy atom. The molecule has 0 aromatic heterocycles. The number of piperidine rings is 1. The van der Waals surface area contributed by atoms with E-state index in [1.165, 1.54) is 0 Å². The number of carboxylic acid groups (broad SMARTS) is 1. The number of carbonyl (C=O) groups excluding carboxylic acids is 2. The van der Waals surface area contributed by atoms with Crippen LogP contribution in [-0.2, 0) is 9.59 Å². The first-order chi connectivity index (χ1) is 9.99. The van der Waals surface area contributed by atoms with Gasteiger partial charge in [-0.1, -0.05) is 0 Å². The van der Waals surface area contributed by atoms with Crippen LogP contribution in [0.2, 0.25) is 0 Å². The summed E-state index contributed by atoms with van der Waals surface area (Å²) < 4.78 is 0. The van der Waals surface area contributed by atoms with Gasteiger partial charge in [-0.05, 0) is 32.2 Å². The molecule has 118 valence electrons. The van der Waals surface area contributed by atoms with E-state index in [-0.39, 0.29) is 24.7 Å². The smallest absolute Gasteiger partial charge is 0.320 e. The predicted molar refractivity (Wildman–Crippen MR) is 74.6 cm³/mol. The van der Waals surface area contributed by atoms with Crippen molar-refractivity contribution < 1.29 is 19.5 Å². The van der Waals surface area contributed by atoms with Gasteiger partial charge < -0.3 is 21.1 Å². The molecule has 2 saturated heterocycles. The van der Waals surface area contributed by atoms with Crippen LogP contribution >= 0.6 is 0 Å². The number of likely N-dealkylation sites (tertiary alicyclic amines) is 2. The van der Waals surface area contributed by atoms with Gasteiger partial charge in [0.15, 0.2) is 0 Å². The number of amides is 3. The quantitative estimate of drug-likeness (QED) is 0.628. The molecule has 0 aromatic carbocycles. The molecule has 21 heavy (non-hydrogen) atoms. The lowest BCUT2D eigenvalue weighted by molar-refractivity contribution is -0.143. The zero-order valence-electron chi connectivity index (χ0n) is 12.0. The van der Waals surface area contributed by atoms with Gasteiger partial charge in [0.2, 0.25) is 5.91 Å². The molecular formula is C13H22N4O4. The number of carboxylic acids is 1. The minimum absolute atomic E-state index is 0.161. The van der Waals surface area contributed by atoms with E-state index >= 15 is 0 Å². The second kappa shape index (κ2) is 6.75. The molecule has 0 saturated carbocycles. The normalized spacial score (nSPS) is 24.0. The Labute approximate surface area is 123 Å². The van der Waals surface area contributed by atoms with E-state index in [4.69, 9.17) is 5.73 Å². The summed E-state index contributed by atoms with van der Waals surface area (Å²) in [5.41, 5.74) is 4.98. The third-order valence-corrected chi connectivity index (χ3v) is 4.21. The Bertz CT molecular complexity index is 420. The SMILES string of the molecule is NC(=O)CNC(=O)N1CCC(N2CCCC2C(=O)O)CC1. The first-order valence-corrected chi connectivity index (χ1v) is 7.28. The van der Waals surface area contributed by atoms with Crippen LogP contribution in [0.4, 0.5) is 4.79 Å². The topological polar surface area (TPSA) is 116 Å². The van der Waals surface area contributed by atoms with Crippen LogP contribution in [0.3, 0.4) is 0 Å². The standard InChI is InChI=1S/C13H22N4O4/c14-11(18)8-15-13(21)16-6-3-9(4-7-16)17-5-1-2-10(17)12(19)20/h9-10H,1-8H2,(H2,14,18)(H,15,21)(H,19,20).